The van der Waals surface area contributed by atoms with Crippen LogP contribution in [0.3, 0.4) is 0 Å². The summed E-state index contributed by atoms with van der Waals surface area (Å²) in [7, 11) is 2.11. The molecule has 0 aliphatic heterocycles. The van der Waals surface area contributed by atoms with Crippen LogP contribution in [0.4, 0.5) is 0 Å². The van der Waals surface area contributed by atoms with Crippen molar-refractivity contribution in [1.82, 2.24) is 14.9 Å². The van der Waals surface area contributed by atoms with Gasteiger partial charge in [0.05, 0.1) is 0 Å². The Hall–Kier alpha value is -0.830. The van der Waals surface area contributed by atoms with E-state index < -0.39 is 0 Å². The monoisotopic (exact) mass is 289 g/mol. The lowest BCUT2D eigenvalue weighted by molar-refractivity contribution is 0.109. The summed E-state index contributed by atoms with van der Waals surface area (Å²) in [5.74, 6) is 4.14. The summed E-state index contributed by atoms with van der Waals surface area (Å²) in [6.45, 7) is 3.30. The minimum absolute atomic E-state index is 0.610. The highest BCUT2D eigenvalue weighted by molar-refractivity contribution is 4.98. The van der Waals surface area contributed by atoms with Gasteiger partial charge in [0.1, 0.15) is 5.82 Å². The number of aryl methyl sites for hydroxylation is 1. The Balaban J connectivity index is 1.64. The average molecular weight is 289 g/mol. The normalized spacial score (nSPS) is 30.9. The molecule has 21 heavy (non-hydrogen) atoms. The van der Waals surface area contributed by atoms with Gasteiger partial charge in [0.15, 0.2) is 0 Å². The average Bonchev–Trinajstić information content (AvgIpc) is 2.91. The highest BCUT2D eigenvalue weighted by atomic mass is 15.0. The zero-order valence-electron chi connectivity index (χ0n) is 13.7. The third-order valence-electron chi connectivity index (χ3n) is 5.94. The van der Waals surface area contributed by atoms with Crippen LogP contribution in [-0.2, 0) is 13.5 Å². The van der Waals surface area contributed by atoms with Crippen LogP contribution in [0.1, 0.15) is 57.7 Å². The molecule has 1 aromatic heterocycles. The first kappa shape index (κ1) is 15.1. The molecule has 0 aromatic carbocycles. The van der Waals surface area contributed by atoms with Crippen molar-refractivity contribution >= 4 is 0 Å². The lowest BCUT2D eigenvalue weighted by atomic mass is 9.66. The summed E-state index contributed by atoms with van der Waals surface area (Å²) in [4.78, 5) is 4.54. The Morgan fingerprint density at radius 1 is 1.24 bits per heavy atom. The maximum Gasteiger partial charge on any atom is 0.109 e. The van der Waals surface area contributed by atoms with E-state index in [0.29, 0.717) is 6.04 Å². The number of imidazole rings is 1. The maximum absolute atomic E-state index is 4.54. The molecule has 4 unspecified atom stereocenters. The Morgan fingerprint density at radius 2 is 2.05 bits per heavy atom. The van der Waals surface area contributed by atoms with Crippen molar-refractivity contribution in [3.8, 4) is 0 Å². The van der Waals surface area contributed by atoms with Crippen LogP contribution in [0.25, 0.3) is 0 Å². The quantitative estimate of drug-likeness (QED) is 0.898. The van der Waals surface area contributed by atoms with Crippen molar-refractivity contribution in [2.45, 2.75) is 64.3 Å². The van der Waals surface area contributed by atoms with Gasteiger partial charge in [0, 0.05) is 31.9 Å². The lowest BCUT2D eigenvalue weighted by Crippen LogP contribution is -2.42. The summed E-state index contributed by atoms with van der Waals surface area (Å²) in [5.41, 5.74) is 0. The van der Waals surface area contributed by atoms with Crippen molar-refractivity contribution in [3.05, 3.63) is 18.2 Å². The Kier molecular flexibility index (Phi) is 4.99. The minimum atomic E-state index is 0.610. The van der Waals surface area contributed by atoms with Gasteiger partial charge in [-0.3, -0.25) is 0 Å². The van der Waals surface area contributed by atoms with Gasteiger partial charge >= 0.3 is 0 Å². The minimum Gasteiger partial charge on any atom is -0.338 e. The SMILES string of the molecule is CCNC(Cc1nccn1C)C1CCC2CCCCC2C1. The number of hydrogen-bond acceptors (Lipinski definition) is 2. The molecule has 0 amide bonds. The predicted molar refractivity (Wildman–Crippen MR) is 87.2 cm³/mol. The lowest BCUT2D eigenvalue weighted by Gasteiger charge is -2.42. The molecule has 4 atom stereocenters. The maximum atomic E-state index is 4.54. The molecule has 1 aromatic rings. The van der Waals surface area contributed by atoms with Gasteiger partial charge in [-0.15, -0.1) is 0 Å². The summed E-state index contributed by atoms with van der Waals surface area (Å²) < 4.78 is 2.18. The van der Waals surface area contributed by atoms with Crippen molar-refractivity contribution in [2.75, 3.05) is 6.54 Å². The van der Waals surface area contributed by atoms with Crippen LogP contribution in [0.2, 0.25) is 0 Å². The summed E-state index contributed by atoms with van der Waals surface area (Å²) in [5, 5.41) is 3.76. The first-order chi connectivity index (χ1) is 10.3. The van der Waals surface area contributed by atoms with Crippen LogP contribution < -0.4 is 5.32 Å². The van der Waals surface area contributed by atoms with Gasteiger partial charge in [-0.1, -0.05) is 32.6 Å². The van der Waals surface area contributed by atoms with E-state index in [9.17, 15) is 0 Å². The predicted octanol–water partition coefficient (Wildman–Crippen LogP) is 3.55. The fourth-order valence-electron chi connectivity index (χ4n) is 4.73. The second-order valence-electron chi connectivity index (χ2n) is 7.20. The second-order valence-corrected chi connectivity index (χ2v) is 7.20. The number of nitrogens with zero attached hydrogens (tertiary/aromatic N) is 2. The fourth-order valence-corrected chi connectivity index (χ4v) is 4.73. The molecular weight excluding hydrogens is 258 g/mol. The number of rotatable bonds is 5. The molecule has 1 heterocycles. The number of likely N-dealkylation sites (N-methyl/N-ethyl adjacent to an activating group) is 1. The van der Waals surface area contributed by atoms with E-state index in [1.807, 2.05) is 6.20 Å². The molecule has 3 nitrogen and oxygen atoms in total. The van der Waals surface area contributed by atoms with E-state index >= 15 is 0 Å². The van der Waals surface area contributed by atoms with Gasteiger partial charge in [0.2, 0.25) is 0 Å². The Morgan fingerprint density at radius 3 is 2.76 bits per heavy atom. The summed E-state index contributed by atoms with van der Waals surface area (Å²) >= 11 is 0. The number of hydrogen-bond donors (Lipinski definition) is 1. The molecule has 0 saturated heterocycles. The van der Waals surface area contributed by atoms with E-state index in [-0.39, 0.29) is 0 Å². The highest BCUT2D eigenvalue weighted by Crippen LogP contribution is 2.43. The molecule has 1 N–H and O–H groups in total. The molecule has 2 aliphatic rings. The molecule has 0 bridgehead atoms. The van der Waals surface area contributed by atoms with E-state index in [0.717, 1.165) is 30.7 Å². The third kappa shape index (κ3) is 3.50. The van der Waals surface area contributed by atoms with E-state index in [1.54, 1.807) is 0 Å². The smallest absolute Gasteiger partial charge is 0.109 e. The van der Waals surface area contributed by atoms with Crippen molar-refractivity contribution in [3.63, 3.8) is 0 Å². The fraction of sp³-hybridized carbons (Fsp3) is 0.833. The van der Waals surface area contributed by atoms with Gasteiger partial charge in [0.25, 0.3) is 0 Å². The largest absolute Gasteiger partial charge is 0.338 e. The molecule has 2 saturated carbocycles. The first-order valence-corrected chi connectivity index (χ1v) is 8.97. The number of nitrogens with one attached hydrogen (secondary N) is 1. The summed E-state index contributed by atoms with van der Waals surface area (Å²) in [6.07, 6.45) is 15.4. The molecule has 0 spiro atoms. The van der Waals surface area contributed by atoms with Crippen LogP contribution in [0, 0.1) is 17.8 Å². The Labute approximate surface area is 129 Å². The van der Waals surface area contributed by atoms with Gasteiger partial charge < -0.3 is 9.88 Å². The van der Waals surface area contributed by atoms with Gasteiger partial charge in [-0.05, 0) is 43.6 Å². The zero-order valence-corrected chi connectivity index (χ0v) is 13.7. The van der Waals surface area contributed by atoms with Crippen LogP contribution in [-0.4, -0.2) is 22.1 Å². The second kappa shape index (κ2) is 6.95. The van der Waals surface area contributed by atoms with Gasteiger partial charge in [-0.2, -0.15) is 0 Å². The summed E-state index contributed by atoms with van der Waals surface area (Å²) in [6, 6.07) is 0.610. The molecule has 2 fully saturated rings. The third-order valence-corrected chi connectivity index (χ3v) is 5.94. The van der Waals surface area contributed by atoms with Crippen molar-refractivity contribution in [2.24, 2.45) is 24.8 Å². The molecule has 0 radical (unpaired) electrons. The van der Waals surface area contributed by atoms with Crippen molar-refractivity contribution in [1.29, 1.82) is 0 Å². The van der Waals surface area contributed by atoms with E-state index in [2.05, 4.69) is 35.0 Å². The first-order valence-electron chi connectivity index (χ1n) is 8.97. The van der Waals surface area contributed by atoms with E-state index in [1.165, 1.54) is 50.8 Å². The van der Waals surface area contributed by atoms with Crippen molar-refractivity contribution < 1.29 is 0 Å². The Bertz CT molecular complexity index is 439. The van der Waals surface area contributed by atoms with Crippen LogP contribution in [0.5, 0.6) is 0 Å². The number of aromatic nitrogens is 2. The highest BCUT2D eigenvalue weighted by Gasteiger charge is 2.35. The number of fused-ring (bicyclic) bond motifs is 1. The van der Waals surface area contributed by atoms with Crippen LogP contribution in [0.15, 0.2) is 12.4 Å². The van der Waals surface area contributed by atoms with Gasteiger partial charge in [-0.25, -0.2) is 4.98 Å². The molecule has 118 valence electrons. The topological polar surface area (TPSA) is 29.9 Å². The molecule has 3 rings (SSSR count). The van der Waals surface area contributed by atoms with Crippen LogP contribution >= 0.6 is 0 Å². The zero-order chi connectivity index (χ0) is 14.7. The van der Waals surface area contributed by atoms with E-state index in [4.69, 9.17) is 0 Å². The molecular formula is C18H31N3. The standard InChI is InChI=1S/C18H31N3/c1-3-19-17(13-18-20-10-11-21(18)2)16-9-8-14-6-4-5-7-15(14)12-16/h10-11,14-17,19H,3-9,12-13H2,1-2H3. The molecule has 3 heteroatoms. The molecule has 2 aliphatic carbocycles.